The standard InChI is InChI=1S/C25H34N2O3S/c1-2-4-23-16-22(18-31-23)24(29)27-12-14-30-25(19-27)8-10-26(11-9-25)17-21-6-3-5-20(15-21)7-13-28/h3,5-6,15-16,18,28H,2,4,7-14,17,19H2,1H3. The maximum atomic E-state index is 13.1. The highest BCUT2D eigenvalue weighted by Crippen LogP contribution is 2.32. The van der Waals surface area contributed by atoms with Crippen molar-refractivity contribution in [1.29, 1.82) is 0 Å². The lowest BCUT2D eigenvalue weighted by Crippen LogP contribution is -2.57. The average molecular weight is 443 g/mol. The number of likely N-dealkylation sites (tertiary alicyclic amines) is 1. The Morgan fingerprint density at radius 3 is 2.74 bits per heavy atom. The summed E-state index contributed by atoms with van der Waals surface area (Å²) in [6.07, 6.45) is 4.77. The van der Waals surface area contributed by atoms with Crippen LogP contribution in [0, 0.1) is 0 Å². The number of nitrogens with zero attached hydrogens (tertiary/aromatic N) is 2. The summed E-state index contributed by atoms with van der Waals surface area (Å²) in [4.78, 5) is 18.9. The number of carbonyl (C=O) groups excluding carboxylic acids is 1. The van der Waals surface area contributed by atoms with Crippen LogP contribution in [0.5, 0.6) is 0 Å². The molecule has 0 radical (unpaired) electrons. The van der Waals surface area contributed by atoms with E-state index >= 15 is 0 Å². The number of morpholine rings is 1. The molecule has 2 aliphatic heterocycles. The normalized spacial score (nSPS) is 19.1. The number of piperidine rings is 1. The van der Waals surface area contributed by atoms with Crippen LogP contribution >= 0.6 is 11.3 Å². The second kappa shape index (κ2) is 10.3. The van der Waals surface area contributed by atoms with E-state index in [9.17, 15) is 9.90 Å². The lowest BCUT2D eigenvalue weighted by molar-refractivity contribution is -0.127. The van der Waals surface area contributed by atoms with Crippen LogP contribution in [0.15, 0.2) is 35.7 Å². The lowest BCUT2D eigenvalue weighted by atomic mass is 9.89. The van der Waals surface area contributed by atoms with Crippen molar-refractivity contribution in [1.82, 2.24) is 9.80 Å². The number of aryl methyl sites for hydroxylation is 1. The Labute approximate surface area is 189 Å². The van der Waals surface area contributed by atoms with Gasteiger partial charge in [-0.15, -0.1) is 11.3 Å². The Hall–Kier alpha value is -1.73. The molecule has 5 nitrogen and oxygen atoms in total. The van der Waals surface area contributed by atoms with Crippen LogP contribution in [0.1, 0.15) is 52.5 Å². The molecule has 0 atom stereocenters. The van der Waals surface area contributed by atoms with Crippen molar-refractivity contribution in [2.24, 2.45) is 0 Å². The molecule has 1 amide bonds. The molecule has 1 spiro atoms. The molecule has 3 heterocycles. The number of hydrogen-bond donors (Lipinski definition) is 1. The third kappa shape index (κ3) is 5.55. The molecule has 2 aromatic rings. The summed E-state index contributed by atoms with van der Waals surface area (Å²) in [6, 6.07) is 10.6. The van der Waals surface area contributed by atoms with Crippen LogP contribution < -0.4 is 0 Å². The maximum Gasteiger partial charge on any atom is 0.254 e. The molecule has 168 valence electrons. The van der Waals surface area contributed by atoms with E-state index in [2.05, 4.69) is 42.2 Å². The smallest absolute Gasteiger partial charge is 0.254 e. The molecule has 31 heavy (non-hydrogen) atoms. The minimum absolute atomic E-state index is 0.157. The molecular weight excluding hydrogens is 408 g/mol. The Morgan fingerprint density at radius 1 is 1.16 bits per heavy atom. The molecule has 2 aliphatic rings. The molecule has 0 unspecified atom stereocenters. The maximum absolute atomic E-state index is 13.1. The second-order valence-corrected chi connectivity index (χ2v) is 9.88. The van der Waals surface area contributed by atoms with E-state index in [4.69, 9.17) is 4.74 Å². The van der Waals surface area contributed by atoms with Gasteiger partial charge in [-0.1, -0.05) is 37.6 Å². The quantitative estimate of drug-likeness (QED) is 0.710. The van der Waals surface area contributed by atoms with Crippen molar-refractivity contribution in [2.75, 3.05) is 39.4 Å². The minimum atomic E-state index is -0.203. The van der Waals surface area contributed by atoms with Gasteiger partial charge in [0, 0.05) is 43.0 Å². The molecule has 4 rings (SSSR count). The number of rotatable bonds is 7. The monoisotopic (exact) mass is 442 g/mol. The van der Waals surface area contributed by atoms with Crippen molar-refractivity contribution >= 4 is 17.2 Å². The first-order valence-corrected chi connectivity index (χ1v) is 12.4. The van der Waals surface area contributed by atoms with Gasteiger partial charge in [0.2, 0.25) is 0 Å². The van der Waals surface area contributed by atoms with Crippen LogP contribution in [0.25, 0.3) is 0 Å². The SMILES string of the molecule is CCCc1cc(C(=O)N2CCOC3(CCN(Cc4cccc(CCO)c4)CC3)C2)cs1. The van der Waals surface area contributed by atoms with Crippen LogP contribution in [-0.4, -0.2) is 65.8 Å². The topological polar surface area (TPSA) is 53.0 Å². The number of amides is 1. The van der Waals surface area contributed by atoms with Gasteiger partial charge in [-0.2, -0.15) is 0 Å². The van der Waals surface area contributed by atoms with E-state index in [1.54, 1.807) is 11.3 Å². The Kier molecular flexibility index (Phi) is 7.43. The van der Waals surface area contributed by atoms with Gasteiger partial charge in [-0.3, -0.25) is 9.69 Å². The second-order valence-electron chi connectivity index (χ2n) is 8.88. The highest BCUT2D eigenvalue weighted by molar-refractivity contribution is 7.10. The van der Waals surface area contributed by atoms with Gasteiger partial charge >= 0.3 is 0 Å². The molecule has 0 saturated carbocycles. The highest BCUT2D eigenvalue weighted by Gasteiger charge is 2.41. The zero-order valence-corrected chi connectivity index (χ0v) is 19.3. The Balaban J connectivity index is 1.33. The van der Waals surface area contributed by atoms with E-state index in [0.717, 1.165) is 50.9 Å². The highest BCUT2D eigenvalue weighted by atomic mass is 32.1. The fraction of sp³-hybridized carbons (Fsp3) is 0.560. The molecule has 2 saturated heterocycles. The summed E-state index contributed by atoms with van der Waals surface area (Å²) in [5.74, 6) is 0.157. The molecule has 6 heteroatoms. The van der Waals surface area contributed by atoms with Crippen molar-refractivity contribution in [3.8, 4) is 0 Å². The van der Waals surface area contributed by atoms with Crippen molar-refractivity contribution in [3.63, 3.8) is 0 Å². The third-order valence-electron chi connectivity index (χ3n) is 6.50. The first kappa shape index (κ1) is 22.5. The van der Waals surface area contributed by atoms with Gasteiger partial charge in [0.1, 0.15) is 0 Å². The van der Waals surface area contributed by atoms with Gasteiger partial charge in [-0.05, 0) is 42.9 Å². The van der Waals surface area contributed by atoms with Gasteiger partial charge < -0.3 is 14.7 Å². The van der Waals surface area contributed by atoms with E-state index in [1.807, 2.05) is 10.3 Å². The van der Waals surface area contributed by atoms with E-state index in [1.165, 1.54) is 16.0 Å². The number of benzene rings is 1. The third-order valence-corrected chi connectivity index (χ3v) is 7.49. The largest absolute Gasteiger partial charge is 0.396 e. The van der Waals surface area contributed by atoms with Crippen molar-refractivity contribution < 1.29 is 14.6 Å². The predicted molar refractivity (Wildman–Crippen MR) is 125 cm³/mol. The van der Waals surface area contributed by atoms with E-state index in [0.29, 0.717) is 26.1 Å². The number of ether oxygens (including phenoxy) is 1. The molecule has 1 aromatic heterocycles. The van der Waals surface area contributed by atoms with Crippen molar-refractivity contribution in [3.05, 3.63) is 57.3 Å². The number of carbonyl (C=O) groups is 1. The zero-order valence-electron chi connectivity index (χ0n) is 18.5. The zero-order chi connectivity index (χ0) is 21.7. The summed E-state index contributed by atoms with van der Waals surface area (Å²) in [5.41, 5.74) is 3.12. The van der Waals surface area contributed by atoms with Gasteiger partial charge in [0.15, 0.2) is 0 Å². The summed E-state index contributed by atoms with van der Waals surface area (Å²) in [5, 5.41) is 11.2. The number of hydrogen-bond acceptors (Lipinski definition) is 5. The van der Waals surface area contributed by atoms with Crippen LogP contribution in [0.3, 0.4) is 0 Å². The van der Waals surface area contributed by atoms with Crippen LogP contribution in [0.2, 0.25) is 0 Å². The molecule has 0 aliphatic carbocycles. The molecule has 0 bridgehead atoms. The Bertz CT molecular complexity index is 873. The number of thiophene rings is 1. The molecule has 1 aromatic carbocycles. The van der Waals surface area contributed by atoms with Crippen LogP contribution in [0.4, 0.5) is 0 Å². The summed E-state index contributed by atoms with van der Waals surface area (Å²) in [6.45, 7) is 7.24. The van der Waals surface area contributed by atoms with E-state index in [-0.39, 0.29) is 18.1 Å². The molecule has 2 fully saturated rings. The first-order valence-electron chi connectivity index (χ1n) is 11.5. The van der Waals surface area contributed by atoms with Gasteiger partial charge in [-0.25, -0.2) is 0 Å². The van der Waals surface area contributed by atoms with Crippen LogP contribution in [-0.2, 0) is 24.1 Å². The first-order chi connectivity index (χ1) is 15.1. The fourth-order valence-electron chi connectivity index (χ4n) is 4.76. The lowest BCUT2D eigenvalue weighted by Gasteiger charge is -2.47. The van der Waals surface area contributed by atoms with Crippen molar-refractivity contribution in [2.45, 2.75) is 51.2 Å². The van der Waals surface area contributed by atoms with E-state index < -0.39 is 0 Å². The fourth-order valence-corrected chi connectivity index (χ4v) is 5.73. The predicted octanol–water partition coefficient (Wildman–Crippen LogP) is 3.74. The molecular formula is C25H34N2O3S. The minimum Gasteiger partial charge on any atom is -0.396 e. The number of aliphatic hydroxyl groups is 1. The summed E-state index contributed by atoms with van der Waals surface area (Å²) in [7, 11) is 0. The summed E-state index contributed by atoms with van der Waals surface area (Å²) < 4.78 is 6.27. The molecule has 1 N–H and O–H groups in total. The summed E-state index contributed by atoms with van der Waals surface area (Å²) >= 11 is 1.70. The average Bonchev–Trinajstić information content (AvgIpc) is 3.25. The Morgan fingerprint density at radius 2 is 1.97 bits per heavy atom. The van der Waals surface area contributed by atoms with Gasteiger partial charge in [0.25, 0.3) is 5.91 Å². The van der Waals surface area contributed by atoms with Gasteiger partial charge in [0.05, 0.1) is 24.3 Å². The number of aliphatic hydroxyl groups excluding tert-OH is 1.